The predicted octanol–water partition coefficient (Wildman–Crippen LogP) is 2.45. The van der Waals surface area contributed by atoms with Crippen LogP contribution in [0.3, 0.4) is 0 Å². The maximum absolute atomic E-state index is 12.6. The first-order valence-electron chi connectivity index (χ1n) is 8.45. The first-order valence-corrected chi connectivity index (χ1v) is 9.33. The molecule has 0 bridgehead atoms. The first-order chi connectivity index (χ1) is 13.2. The fourth-order valence-corrected chi connectivity index (χ4v) is 3.74. The summed E-state index contributed by atoms with van der Waals surface area (Å²) < 4.78 is 10.7. The third-order valence-electron chi connectivity index (χ3n) is 4.43. The molecule has 0 atom stereocenters. The number of thiazole rings is 1. The number of hydrogen-bond donors (Lipinski definition) is 3. The first kappa shape index (κ1) is 17.5. The Labute approximate surface area is 159 Å². The van der Waals surface area contributed by atoms with Crippen molar-refractivity contribution in [1.82, 2.24) is 20.5 Å². The van der Waals surface area contributed by atoms with Gasteiger partial charge in [0.25, 0.3) is 5.91 Å². The number of benzene rings is 1. The molecule has 8 nitrogen and oxygen atoms in total. The number of aromatic nitrogens is 3. The molecule has 0 aliphatic carbocycles. The minimum atomic E-state index is -0.269. The van der Waals surface area contributed by atoms with Gasteiger partial charge in [-0.05, 0) is 18.2 Å². The van der Waals surface area contributed by atoms with E-state index in [0.29, 0.717) is 34.6 Å². The Morgan fingerprint density at radius 3 is 3.00 bits per heavy atom. The molecule has 1 aromatic carbocycles. The van der Waals surface area contributed by atoms with Crippen LogP contribution in [-0.4, -0.2) is 41.9 Å². The highest BCUT2D eigenvalue weighted by Gasteiger charge is 2.22. The lowest BCUT2D eigenvalue weighted by Crippen LogP contribution is -2.25. The van der Waals surface area contributed by atoms with E-state index in [2.05, 4.69) is 25.8 Å². The Kier molecular flexibility index (Phi) is 4.78. The molecule has 4 rings (SSSR count). The van der Waals surface area contributed by atoms with Crippen molar-refractivity contribution in [2.45, 2.75) is 13.0 Å². The number of aromatic amines is 1. The highest BCUT2D eigenvalue weighted by molar-refractivity contribution is 7.14. The van der Waals surface area contributed by atoms with E-state index in [1.165, 1.54) is 11.3 Å². The molecular weight excluding hydrogens is 366 g/mol. The highest BCUT2D eigenvalue weighted by atomic mass is 32.1. The zero-order valence-electron chi connectivity index (χ0n) is 15.0. The van der Waals surface area contributed by atoms with Gasteiger partial charge in [-0.3, -0.25) is 15.2 Å². The number of rotatable bonds is 5. The van der Waals surface area contributed by atoms with Gasteiger partial charge in [0.15, 0.2) is 10.8 Å². The summed E-state index contributed by atoms with van der Waals surface area (Å²) in [6, 6.07) is 5.51. The van der Waals surface area contributed by atoms with Crippen LogP contribution in [0.5, 0.6) is 11.5 Å². The number of fused-ring (bicyclic) bond motifs is 1. The van der Waals surface area contributed by atoms with Gasteiger partial charge in [0.05, 0.1) is 19.9 Å². The average Bonchev–Trinajstić information content (AvgIpc) is 3.34. The molecule has 9 heteroatoms. The predicted molar refractivity (Wildman–Crippen MR) is 103 cm³/mol. The molecule has 0 fully saturated rings. The quantitative estimate of drug-likeness (QED) is 0.624. The maximum atomic E-state index is 12.6. The van der Waals surface area contributed by atoms with Crippen LogP contribution in [0.2, 0.25) is 0 Å². The number of amides is 1. The topological polar surface area (TPSA) is 101 Å². The van der Waals surface area contributed by atoms with Crippen molar-refractivity contribution in [3.05, 3.63) is 40.5 Å². The number of carbonyl (C=O) groups excluding carboxylic acids is 1. The molecular formula is C18H19N5O3S. The Morgan fingerprint density at radius 2 is 2.19 bits per heavy atom. The van der Waals surface area contributed by atoms with Crippen molar-refractivity contribution in [2.24, 2.45) is 0 Å². The molecule has 0 spiro atoms. The summed E-state index contributed by atoms with van der Waals surface area (Å²) in [6.45, 7) is 1.52. The molecule has 1 amide bonds. The Morgan fingerprint density at radius 1 is 1.30 bits per heavy atom. The minimum absolute atomic E-state index is 0.269. The summed E-state index contributed by atoms with van der Waals surface area (Å²) in [4.78, 5) is 17.1. The second-order valence-corrected chi connectivity index (χ2v) is 6.87. The monoisotopic (exact) mass is 385 g/mol. The van der Waals surface area contributed by atoms with Crippen LogP contribution in [0.1, 0.15) is 21.7 Å². The standard InChI is InChI=1S/C18H19N5O3S/c1-25-10-3-4-15(26-2)11(7-10)14-9-27-18(20-14)21-17(24)16-12-8-19-6-5-13(12)22-23-16/h3-4,7,9,19H,5-6,8H2,1-2H3,(H,22,23)(H,20,21,24). The van der Waals surface area contributed by atoms with Gasteiger partial charge in [-0.25, -0.2) is 4.98 Å². The molecule has 1 aliphatic heterocycles. The summed E-state index contributed by atoms with van der Waals surface area (Å²) in [5.74, 6) is 1.13. The molecule has 140 valence electrons. The van der Waals surface area contributed by atoms with Crippen LogP contribution in [0.15, 0.2) is 23.6 Å². The second kappa shape index (κ2) is 7.37. The fraction of sp³-hybridized carbons (Fsp3) is 0.278. The number of ether oxygens (including phenoxy) is 2. The summed E-state index contributed by atoms with van der Waals surface area (Å²) in [5, 5.41) is 15.6. The van der Waals surface area contributed by atoms with Gasteiger partial charge in [0.2, 0.25) is 0 Å². The highest BCUT2D eigenvalue weighted by Crippen LogP contribution is 2.35. The van der Waals surface area contributed by atoms with E-state index < -0.39 is 0 Å². The van der Waals surface area contributed by atoms with Crippen LogP contribution in [0.25, 0.3) is 11.3 Å². The number of H-pyrrole nitrogens is 1. The molecule has 0 unspecified atom stereocenters. The Balaban J connectivity index is 1.57. The molecule has 3 aromatic rings. The van der Waals surface area contributed by atoms with Crippen molar-refractivity contribution in [3.8, 4) is 22.8 Å². The van der Waals surface area contributed by atoms with E-state index in [1.807, 2.05) is 23.6 Å². The zero-order chi connectivity index (χ0) is 18.8. The number of methoxy groups -OCH3 is 2. The van der Waals surface area contributed by atoms with Crippen molar-refractivity contribution in [1.29, 1.82) is 0 Å². The van der Waals surface area contributed by atoms with E-state index in [1.54, 1.807) is 14.2 Å². The van der Waals surface area contributed by atoms with Crippen molar-refractivity contribution in [2.75, 3.05) is 26.1 Å². The summed E-state index contributed by atoms with van der Waals surface area (Å²) in [7, 11) is 3.22. The normalized spacial score (nSPS) is 13.1. The van der Waals surface area contributed by atoms with Gasteiger partial charge < -0.3 is 14.8 Å². The third-order valence-corrected chi connectivity index (χ3v) is 5.19. The number of nitrogens with zero attached hydrogens (tertiary/aromatic N) is 2. The Bertz CT molecular complexity index is 981. The van der Waals surface area contributed by atoms with Gasteiger partial charge in [-0.1, -0.05) is 0 Å². The van der Waals surface area contributed by atoms with Gasteiger partial charge in [0, 0.05) is 41.7 Å². The summed E-state index contributed by atoms with van der Waals surface area (Å²) >= 11 is 1.35. The largest absolute Gasteiger partial charge is 0.497 e. The Hall–Kier alpha value is -2.91. The number of carbonyl (C=O) groups is 1. The van der Waals surface area contributed by atoms with Crippen LogP contribution in [-0.2, 0) is 13.0 Å². The number of nitrogens with one attached hydrogen (secondary N) is 3. The fourth-order valence-electron chi connectivity index (χ4n) is 3.04. The van der Waals surface area contributed by atoms with E-state index in [-0.39, 0.29) is 5.91 Å². The third kappa shape index (κ3) is 3.38. The van der Waals surface area contributed by atoms with Crippen LogP contribution in [0.4, 0.5) is 5.13 Å². The van der Waals surface area contributed by atoms with Gasteiger partial charge in [-0.2, -0.15) is 5.10 Å². The maximum Gasteiger partial charge on any atom is 0.278 e. The molecule has 27 heavy (non-hydrogen) atoms. The molecule has 1 aliphatic rings. The summed E-state index contributed by atoms with van der Waals surface area (Å²) in [6.07, 6.45) is 0.840. The molecule has 3 heterocycles. The van der Waals surface area contributed by atoms with Crippen molar-refractivity contribution < 1.29 is 14.3 Å². The van der Waals surface area contributed by atoms with Crippen LogP contribution in [0, 0.1) is 0 Å². The zero-order valence-corrected chi connectivity index (χ0v) is 15.8. The number of hydrogen-bond acceptors (Lipinski definition) is 7. The lowest BCUT2D eigenvalue weighted by molar-refractivity contribution is 0.102. The summed E-state index contributed by atoms with van der Waals surface area (Å²) in [5.41, 5.74) is 3.85. The van der Waals surface area contributed by atoms with E-state index in [9.17, 15) is 4.79 Å². The molecule has 0 saturated heterocycles. The lowest BCUT2D eigenvalue weighted by atomic mass is 10.1. The SMILES string of the molecule is COc1ccc(OC)c(-c2csc(NC(=O)c3n[nH]c4c3CNCC4)n2)c1. The molecule has 0 radical (unpaired) electrons. The minimum Gasteiger partial charge on any atom is -0.497 e. The van der Waals surface area contributed by atoms with Gasteiger partial charge in [0.1, 0.15) is 11.5 Å². The van der Waals surface area contributed by atoms with Crippen molar-refractivity contribution >= 4 is 22.4 Å². The lowest BCUT2D eigenvalue weighted by Gasteiger charge is -2.12. The van der Waals surface area contributed by atoms with E-state index in [4.69, 9.17) is 9.47 Å². The van der Waals surface area contributed by atoms with E-state index in [0.717, 1.165) is 29.8 Å². The van der Waals surface area contributed by atoms with Crippen LogP contribution >= 0.6 is 11.3 Å². The van der Waals surface area contributed by atoms with Crippen molar-refractivity contribution in [3.63, 3.8) is 0 Å². The molecule has 2 aromatic heterocycles. The smallest absolute Gasteiger partial charge is 0.278 e. The van der Waals surface area contributed by atoms with E-state index >= 15 is 0 Å². The second-order valence-electron chi connectivity index (χ2n) is 6.01. The molecule has 0 saturated carbocycles. The van der Waals surface area contributed by atoms with Crippen LogP contribution < -0.4 is 20.1 Å². The average molecular weight is 385 g/mol. The number of anilines is 1. The molecule has 3 N–H and O–H groups in total. The van der Waals surface area contributed by atoms with Gasteiger partial charge in [-0.15, -0.1) is 11.3 Å². The van der Waals surface area contributed by atoms with Gasteiger partial charge >= 0.3 is 0 Å².